The Kier molecular flexibility index (Phi) is 4.12. The van der Waals surface area contributed by atoms with Crippen molar-refractivity contribution in [2.24, 2.45) is 0 Å². The number of rotatable bonds is 5. The van der Waals surface area contributed by atoms with Gasteiger partial charge in [0.05, 0.1) is 19.3 Å². The van der Waals surface area contributed by atoms with Crippen LogP contribution in [0.2, 0.25) is 0 Å². The summed E-state index contributed by atoms with van der Waals surface area (Å²) < 4.78 is 10.3. The average molecular weight is 261 g/mol. The smallest absolute Gasteiger partial charge is 0.341 e. The quantitative estimate of drug-likeness (QED) is 0.831. The van der Waals surface area contributed by atoms with Crippen LogP contribution in [-0.2, 0) is 11.3 Å². The van der Waals surface area contributed by atoms with Crippen molar-refractivity contribution in [2.75, 3.05) is 11.9 Å². The van der Waals surface area contributed by atoms with Crippen molar-refractivity contribution in [1.29, 1.82) is 0 Å². The molecule has 0 spiro atoms. The number of nitrogens with one attached hydrogen (secondary N) is 1. The number of pyridine rings is 1. The normalized spacial score (nSPS) is 10.2. The van der Waals surface area contributed by atoms with E-state index in [9.17, 15) is 4.79 Å². The first kappa shape index (κ1) is 13.1. The van der Waals surface area contributed by atoms with Gasteiger partial charge in [-0.25, -0.2) is 14.8 Å². The Bertz CT molecular complexity index is 566. The van der Waals surface area contributed by atoms with E-state index in [4.69, 9.17) is 9.15 Å². The molecule has 0 aliphatic heterocycles. The molecule has 2 heterocycles. The lowest BCUT2D eigenvalue weighted by atomic mass is 10.2. The van der Waals surface area contributed by atoms with Crippen molar-refractivity contribution in [2.45, 2.75) is 20.4 Å². The summed E-state index contributed by atoms with van der Waals surface area (Å²) in [5.74, 6) is 1.33. The number of oxazole rings is 1. The third kappa shape index (κ3) is 3.31. The third-order valence-electron chi connectivity index (χ3n) is 2.38. The van der Waals surface area contributed by atoms with Crippen molar-refractivity contribution >= 4 is 11.8 Å². The molecule has 19 heavy (non-hydrogen) atoms. The summed E-state index contributed by atoms with van der Waals surface area (Å²) in [5.41, 5.74) is 0.396. The van der Waals surface area contributed by atoms with Gasteiger partial charge in [-0.3, -0.25) is 0 Å². The largest absolute Gasteiger partial charge is 0.462 e. The molecule has 2 aromatic heterocycles. The lowest BCUT2D eigenvalue weighted by Gasteiger charge is -2.08. The number of aryl methyl sites for hydroxylation is 1. The second kappa shape index (κ2) is 5.99. The standard InChI is InChI=1S/C13H15N3O3/c1-3-18-13(17)10-5-4-6-14-12(10)16-8-11-15-7-9(2)19-11/h4-7H,3,8H2,1-2H3,(H,14,16). The predicted octanol–water partition coefficient (Wildman–Crippen LogP) is 2.17. The molecule has 0 aromatic carbocycles. The van der Waals surface area contributed by atoms with E-state index in [2.05, 4.69) is 15.3 Å². The molecular weight excluding hydrogens is 246 g/mol. The summed E-state index contributed by atoms with van der Waals surface area (Å²) in [6, 6.07) is 3.35. The Hall–Kier alpha value is -2.37. The Balaban J connectivity index is 2.09. The molecule has 6 nitrogen and oxygen atoms in total. The first-order valence-corrected chi connectivity index (χ1v) is 5.98. The molecule has 1 N–H and O–H groups in total. The lowest BCUT2D eigenvalue weighted by Crippen LogP contribution is -2.11. The maximum absolute atomic E-state index is 11.7. The van der Waals surface area contributed by atoms with Gasteiger partial charge in [-0.2, -0.15) is 0 Å². The molecule has 6 heteroatoms. The van der Waals surface area contributed by atoms with Gasteiger partial charge in [-0.15, -0.1) is 0 Å². The number of anilines is 1. The van der Waals surface area contributed by atoms with Crippen LogP contribution in [-0.4, -0.2) is 22.5 Å². The zero-order chi connectivity index (χ0) is 13.7. The molecule has 100 valence electrons. The minimum Gasteiger partial charge on any atom is -0.462 e. The highest BCUT2D eigenvalue weighted by atomic mass is 16.5. The third-order valence-corrected chi connectivity index (χ3v) is 2.38. The van der Waals surface area contributed by atoms with E-state index in [1.54, 1.807) is 31.5 Å². The lowest BCUT2D eigenvalue weighted by molar-refractivity contribution is 0.0527. The van der Waals surface area contributed by atoms with E-state index in [-0.39, 0.29) is 0 Å². The molecule has 0 unspecified atom stereocenters. The van der Waals surface area contributed by atoms with Crippen molar-refractivity contribution in [3.05, 3.63) is 41.7 Å². The highest BCUT2D eigenvalue weighted by Gasteiger charge is 2.13. The van der Waals surface area contributed by atoms with Gasteiger partial charge in [0.2, 0.25) is 5.89 Å². The summed E-state index contributed by atoms with van der Waals surface area (Å²) in [7, 11) is 0. The second-order valence-corrected chi connectivity index (χ2v) is 3.84. The summed E-state index contributed by atoms with van der Waals surface area (Å²) in [6.07, 6.45) is 3.24. The van der Waals surface area contributed by atoms with Gasteiger partial charge in [0.25, 0.3) is 0 Å². The molecule has 0 bridgehead atoms. The second-order valence-electron chi connectivity index (χ2n) is 3.84. The van der Waals surface area contributed by atoms with Gasteiger partial charge in [0, 0.05) is 6.20 Å². The van der Waals surface area contributed by atoms with Crippen LogP contribution in [0.4, 0.5) is 5.82 Å². The van der Waals surface area contributed by atoms with Crippen LogP contribution in [0.25, 0.3) is 0 Å². The van der Waals surface area contributed by atoms with Crippen LogP contribution in [0.3, 0.4) is 0 Å². The molecule has 0 aliphatic carbocycles. The van der Waals surface area contributed by atoms with E-state index in [1.165, 1.54) is 0 Å². The van der Waals surface area contributed by atoms with Gasteiger partial charge < -0.3 is 14.5 Å². The first-order valence-electron chi connectivity index (χ1n) is 5.98. The molecular formula is C13H15N3O3. The highest BCUT2D eigenvalue weighted by Crippen LogP contribution is 2.14. The molecule has 0 amide bonds. The van der Waals surface area contributed by atoms with Crippen molar-refractivity contribution in [3.63, 3.8) is 0 Å². The molecule has 0 fully saturated rings. The molecule has 0 atom stereocenters. The number of hydrogen-bond acceptors (Lipinski definition) is 6. The number of ether oxygens (including phenoxy) is 1. The molecule has 2 aromatic rings. The zero-order valence-corrected chi connectivity index (χ0v) is 10.8. The zero-order valence-electron chi connectivity index (χ0n) is 10.8. The van der Waals surface area contributed by atoms with Crippen LogP contribution in [0.1, 0.15) is 28.9 Å². The minimum absolute atomic E-state index is 0.325. The predicted molar refractivity (Wildman–Crippen MR) is 68.8 cm³/mol. The Morgan fingerprint density at radius 2 is 2.32 bits per heavy atom. The molecule has 0 saturated heterocycles. The SMILES string of the molecule is CCOC(=O)c1cccnc1NCc1ncc(C)o1. The highest BCUT2D eigenvalue weighted by molar-refractivity contribution is 5.94. The Morgan fingerprint density at radius 3 is 3.00 bits per heavy atom. The molecule has 2 rings (SSSR count). The van der Waals surface area contributed by atoms with E-state index in [1.807, 2.05) is 6.92 Å². The Morgan fingerprint density at radius 1 is 1.47 bits per heavy atom. The fourth-order valence-corrected chi connectivity index (χ4v) is 1.56. The maximum Gasteiger partial charge on any atom is 0.341 e. The molecule has 0 radical (unpaired) electrons. The summed E-state index contributed by atoms with van der Waals surface area (Å²) in [5, 5.41) is 3.01. The van der Waals surface area contributed by atoms with Crippen LogP contribution >= 0.6 is 0 Å². The monoisotopic (exact) mass is 261 g/mol. The molecule has 0 saturated carbocycles. The van der Waals surface area contributed by atoms with E-state index in [0.717, 1.165) is 5.76 Å². The van der Waals surface area contributed by atoms with Crippen LogP contribution in [0.5, 0.6) is 0 Å². The van der Waals surface area contributed by atoms with Crippen molar-refractivity contribution < 1.29 is 13.9 Å². The van der Waals surface area contributed by atoms with E-state index in [0.29, 0.717) is 30.4 Å². The van der Waals surface area contributed by atoms with Crippen molar-refractivity contribution in [3.8, 4) is 0 Å². The number of aromatic nitrogens is 2. The fourth-order valence-electron chi connectivity index (χ4n) is 1.56. The maximum atomic E-state index is 11.7. The van der Waals surface area contributed by atoms with Gasteiger partial charge in [0.1, 0.15) is 17.1 Å². The summed E-state index contributed by atoms with van der Waals surface area (Å²) >= 11 is 0. The minimum atomic E-state index is -0.401. The van der Waals surface area contributed by atoms with E-state index < -0.39 is 5.97 Å². The Labute approximate surface area is 110 Å². The number of carbonyl (C=O) groups excluding carboxylic acids is 1. The fraction of sp³-hybridized carbons (Fsp3) is 0.308. The first-order chi connectivity index (χ1) is 9.20. The van der Waals surface area contributed by atoms with Gasteiger partial charge >= 0.3 is 5.97 Å². The van der Waals surface area contributed by atoms with Gasteiger partial charge in [-0.05, 0) is 26.0 Å². The average Bonchev–Trinajstić information content (AvgIpc) is 2.83. The summed E-state index contributed by atoms with van der Waals surface area (Å²) in [6.45, 7) is 4.27. The van der Waals surface area contributed by atoms with Gasteiger partial charge in [-0.1, -0.05) is 0 Å². The van der Waals surface area contributed by atoms with E-state index >= 15 is 0 Å². The van der Waals surface area contributed by atoms with Gasteiger partial charge in [0.15, 0.2) is 0 Å². The van der Waals surface area contributed by atoms with Crippen LogP contribution in [0, 0.1) is 6.92 Å². The van der Waals surface area contributed by atoms with Crippen LogP contribution < -0.4 is 5.32 Å². The number of hydrogen-bond donors (Lipinski definition) is 1. The van der Waals surface area contributed by atoms with Crippen molar-refractivity contribution in [1.82, 2.24) is 9.97 Å². The number of nitrogens with zero attached hydrogens (tertiary/aromatic N) is 2. The summed E-state index contributed by atoms with van der Waals surface area (Å²) in [4.78, 5) is 19.9. The van der Waals surface area contributed by atoms with Crippen LogP contribution in [0.15, 0.2) is 28.9 Å². The topological polar surface area (TPSA) is 77.2 Å². The number of carbonyl (C=O) groups is 1. The molecule has 0 aliphatic rings. The number of esters is 1.